The largest absolute Gasteiger partial charge is 0.436 e. The van der Waals surface area contributed by atoms with Crippen molar-refractivity contribution in [3.8, 4) is 11.6 Å². The Morgan fingerprint density at radius 3 is 2.82 bits per heavy atom. The first-order valence-electron chi connectivity index (χ1n) is 5.06. The molecule has 0 saturated heterocycles. The molecular formula is C12H11FN2O2. The maximum Gasteiger partial charge on any atom is 0.259 e. The highest BCUT2D eigenvalue weighted by atomic mass is 19.1. The van der Waals surface area contributed by atoms with Gasteiger partial charge in [0.25, 0.3) is 5.88 Å². The van der Waals surface area contributed by atoms with E-state index in [1.165, 1.54) is 13.3 Å². The molecule has 5 heteroatoms. The van der Waals surface area contributed by atoms with E-state index < -0.39 is 5.82 Å². The predicted octanol–water partition coefficient (Wildman–Crippen LogP) is 2.21. The molecule has 2 rings (SSSR count). The highest BCUT2D eigenvalue weighted by Crippen LogP contribution is 2.26. The van der Waals surface area contributed by atoms with Crippen LogP contribution in [0.2, 0.25) is 0 Å². The molecule has 0 amide bonds. The van der Waals surface area contributed by atoms with Gasteiger partial charge in [-0.2, -0.15) is 9.37 Å². The Kier molecular flexibility index (Phi) is 3.30. The van der Waals surface area contributed by atoms with E-state index in [1.807, 2.05) is 0 Å². The minimum atomic E-state index is -0.597. The fraction of sp³-hybridized carbons (Fsp3) is 0.167. The van der Waals surface area contributed by atoms with Crippen LogP contribution in [0.25, 0.3) is 0 Å². The van der Waals surface area contributed by atoms with Gasteiger partial charge in [0.05, 0.1) is 12.3 Å². The summed E-state index contributed by atoms with van der Waals surface area (Å²) < 4.78 is 18.9. The highest BCUT2D eigenvalue weighted by molar-refractivity contribution is 5.35. The minimum absolute atomic E-state index is 0.140. The second kappa shape index (κ2) is 4.88. The van der Waals surface area contributed by atoms with Gasteiger partial charge >= 0.3 is 0 Å². The van der Waals surface area contributed by atoms with Crippen LogP contribution in [0, 0.1) is 12.7 Å². The lowest BCUT2D eigenvalue weighted by Crippen LogP contribution is -1.98. The fourth-order valence-electron chi connectivity index (χ4n) is 1.35. The maximum atomic E-state index is 13.6. The summed E-state index contributed by atoms with van der Waals surface area (Å²) in [7, 11) is 0. The molecule has 4 nitrogen and oxygen atoms in total. The summed E-state index contributed by atoms with van der Waals surface area (Å²) in [5.41, 5.74) is 0.791. The molecule has 0 radical (unpaired) electrons. The van der Waals surface area contributed by atoms with Gasteiger partial charge in [0.15, 0.2) is 0 Å². The first kappa shape index (κ1) is 11.5. The number of halogens is 1. The van der Waals surface area contributed by atoms with Gasteiger partial charge in [0, 0.05) is 5.56 Å². The van der Waals surface area contributed by atoms with E-state index >= 15 is 0 Å². The number of rotatable bonds is 3. The molecule has 1 heterocycles. The summed E-state index contributed by atoms with van der Waals surface area (Å²) in [6, 6.07) is 6.84. The Labute approximate surface area is 97.7 Å². The van der Waals surface area contributed by atoms with Gasteiger partial charge in [0.2, 0.25) is 5.82 Å². The van der Waals surface area contributed by atoms with E-state index in [4.69, 9.17) is 9.84 Å². The maximum absolute atomic E-state index is 13.6. The topological polar surface area (TPSA) is 55.2 Å². The average molecular weight is 234 g/mol. The van der Waals surface area contributed by atoms with E-state index in [0.717, 1.165) is 0 Å². The zero-order valence-electron chi connectivity index (χ0n) is 9.22. The fourth-order valence-corrected chi connectivity index (χ4v) is 1.35. The number of aromatic nitrogens is 2. The van der Waals surface area contributed by atoms with Crippen molar-refractivity contribution in [1.82, 2.24) is 9.97 Å². The van der Waals surface area contributed by atoms with Gasteiger partial charge in [0.1, 0.15) is 12.1 Å². The SMILES string of the molecule is Cc1ncnc(Oc2ccccc2CO)c1F. The van der Waals surface area contributed by atoms with E-state index in [2.05, 4.69) is 9.97 Å². The molecule has 0 fully saturated rings. The number of aryl methyl sites for hydroxylation is 1. The number of hydrogen-bond acceptors (Lipinski definition) is 4. The number of para-hydroxylation sites is 1. The zero-order chi connectivity index (χ0) is 12.3. The first-order chi connectivity index (χ1) is 8.22. The summed E-state index contributed by atoms with van der Waals surface area (Å²) in [5, 5.41) is 9.11. The third-order valence-electron chi connectivity index (χ3n) is 2.28. The molecule has 88 valence electrons. The lowest BCUT2D eigenvalue weighted by molar-refractivity contribution is 0.275. The van der Waals surface area contributed by atoms with Crippen LogP contribution in [0.1, 0.15) is 11.3 Å². The van der Waals surface area contributed by atoms with Crippen molar-refractivity contribution < 1.29 is 14.2 Å². The third-order valence-corrected chi connectivity index (χ3v) is 2.28. The van der Waals surface area contributed by atoms with E-state index in [1.54, 1.807) is 24.3 Å². The Morgan fingerprint density at radius 1 is 1.29 bits per heavy atom. The van der Waals surface area contributed by atoms with Crippen molar-refractivity contribution in [3.63, 3.8) is 0 Å². The molecule has 0 bridgehead atoms. The van der Waals surface area contributed by atoms with Crippen LogP contribution in [0.3, 0.4) is 0 Å². The van der Waals surface area contributed by atoms with Crippen LogP contribution in [-0.2, 0) is 6.61 Å². The lowest BCUT2D eigenvalue weighted by atomic mass is 10.2. The van der Waals surface area contributed by atoms with Crippen molar-refractivity contribution in [1.29, 1.82) is 0 Å². The van der Waals surface area contributed by atoms with Gasteiger partial charge in [-0.15, -0.1) is 0 Å². The van der Waals surface area contributed by atoms with Gasteiger partial charge in [-0.05, 0) is 13.0 Å². The first-order valence-corrected chi connectivity index (χ1v) is 5.06. The number of ether oxygens (including phenoxy) is 1. The molecule has 0 atom stereocenters. The number of nitrogens with zero attached hydrogens (tertiary/aromatic N) is 2. The second-order valence-corrected chi connectivity index (χ2v) is 3.45. The summed E-state index contributed by atoms with van der Waals surface area (Å²) in [4.78, 5) is 7.43. The molecule has 1 aromatic carbocycles. The Morgan fingerprint density at radius 2 is 2.06 bits per heavy atom. The molecule has 0 aliphatic heterocycles. The number of aliphatic hydroxyl groups is 1. The van der Waals surface area contributed by atoms with Crippen molar-refractivity contribution in [3.05, 3.63) is 47.7 Å². The molecule has 0 saturated carbocycles. The number of hydrogen-bond donors (Lipinski definition) is 1. The number of aliphatic hydroxyl groups excluding tert-OH is 1. The average Bonchev–Trinajstić information content (AvgIpc) is 2.35. The monoisotopic (exact) mass is 234 g/mol. The van der Waals surface area contributed by atoms with Crippen molar-refractivity contribution in [2.24, 2.45) is 0 Å². The predicted molar refractivity (Wildman–Crippen MR) is 59.2 cm³/mol. The van der Waals surface area contributed by atoms with E-state index in [9.17, 15) is 4.39 Å². The summed E-state index contributed by atoms with van der Waals surface area (Å²) in [6.07, 6.45) is 1.23. The Hall–Kier alpha value is -2.01. The van der Waals surface area contributed by atoms with Gasteiger partial charge in [-0.25, -0.2) is 4.98 Å². The molecule has 1 aromatic heterocycles. The molecule has 0 aliphatic rings. The van der Waals surface area contributed by atoms with Crippen LogP contribution < -0.4 is 4.74 Å². The summed E-state index contributed by atoms with van der Waals surface area (Å²) >= 11 is 0. The lowest BCUT2D eigenvalue weighted by Gasteiger charge is -2.09. The smallest absolute Gasteiger partial charge is 0.259 e. The Balaban J connectivity index is 2.35. The van der Waals surface area contributed by atoms with Gasteiger partial charge in [-0.1, -0.05) is 18.2 Å². The Bertz CT molecular complexity index is 532. The standard InChI is InChI=1S/C12H11FN2O2/c1-8-11(13)12(15-7-14-8)17-10-5-3-2-4-9(10)6-16/h2-5,7,16H,6H2,1H3. The summed E-state index contributed by atoms with van der Waals surface area (Å²) in [6.45, 7) is 1.35. The van der Waals surface area contributed by atoms with Crippen LogP contribution in [0.15, 0.2) is 30.6 Å². The molecule has 0 unspecified atom stereocenters. The van der Waals surface area contributed by atoms with E-state index in [0.29, 0.717) is 11.3 Å². The van der Waals surface area contributed by atoms with Crippen molar-refractivity contribution in [2.75, 3.05) is 0 Å². The molecule has 0 spiro atoms. The van der Waals surface area contributed by atoms with Crippen LogP contribution >= 0.6 is 0 Å². The molecule has 2 aromatic rings. The second-order valence-electron chi connectivity index (χ2n) is 3.45. The van der Waals surface area contributed by atoms with Crippen LogP contribution in [0.5, 0.6) is 11.6 Å². The van der Waals surface area contributed by atoms with Crippen LogP contribution in [-0.4, -0.2) is 15.1 Å². The minimum Gasteiger partial charge on any atom is -0.436 e. The van der Waals surface area contributed by atoms with E-state index in [-0.39, 0.29) is 18.2 Å². The normalized spacial score (nSPS) is 10.3. The highest BCUT2D eigenvalue weighted by Gasteiger charge is 2.11. The van der Waals surface area contributed by atoms with Crippen molar-refractivity contribution >= 4 is 0 Å². The quantitative estimate of drug-likeness (QED) is 0.884. The van der Waals surface area contributed by atoms with Gasteiger partial charge in [-0.3, -0.25) is 0 Å². The molecule has 1 N–H and O–H groups in total. The molecular weight excluding hydrogens is 223 g/mol. The number of benzene rings is 1. The zero-order valence-corrected chi connectivity index (χ0v) is 9.22. The molecule has 0 aliphatic carbocycles. The van der Waals surface area contributed by atoms with Crippen LogP contribution in [0.4, 0.5) is 4.39 Å². The van der Waals surface area contributed by atoms with Gasteiger partial charge < -0.3 is 9.84 Å². The summed E-state index contributed by atoms with van der Waals surface area (Å²) in [5.74, 6) is -0.356. The third kappa shape index (κ3) is 2.39. The van der Waals surface area contributed by atoms with Crippen molar-refractivity contribution in [2.45, 2.75) is 13.5 Å². The molecule has 17 heavy (non-hydrogen) atoms.